The molecular formula is C30H26N6O4. The van der Waals surface area contributed by atoms with Crippen molar-refractivity contribution >= 4 is 34.6 Å². The normalized spacial score (nSPS) is 16.8. The lowest BCUT2D eigenvalue weighted by Crippen LogP contribution is -2.26. The highest BCUT2D eigenvalue weighted by Crippen LogP contribution is 2.38. The number of likely N-dealkylation sites (tertiary alicyclic amines) is 1. The average molecular weight is 535 g/mol. The number of aromatic amines is 1. The highest BCUT2D eigenvalue weighted by Gasteiger charge is 2.36. The molecule has 0 saturated carbocycles. The van der Waals surface area contributed by atoms with Gasteiger partial charge in [0.25, 0.3) is 5.69 Å². The number of non-ortho nitro benzene ring substituents is 1. The van der Waals surface area contributed by atoms with E-state index in [1.54, 1.807) is 18.6 Å². The van der Waals surface area contributed by atoms with Crippen LogP contribution >= 0.6 is 0 Å². The summed E-state index contributed by atoms with van der Waals surface area (Å²) < 4.78 is 0. The summed E-state index contributed by atoms with van der Waals surface area (Å²) in [5, 5.41) is 14.4. The third kappa shape index (κ3) is 4.98. The second kappa shape index (κ2) is 10.6. The van der Waals surface area contributed by atoms with Crippen LogP contribution in [-0.2, 0) is 16.0 Å². The Balaban J connectivity index is 1.36. The number of carbonyl (C=O) groups is 2. The quantitative estimate of drug-likeness (QED) is 0.186. The molecule has 6 rings (SSSR count). The van der Waals surface area contributed by atoms with Crippen LogP contribution in [0.3, 0.4) is 0 Å². The Kier molecular flexibility index (Phi) is 6.65. The second-order valence-electron chi connectivity index (χ2n) is 9.89. The topological polar surface area (TPSA) is 134 Å². The molecule has 2 N–H and O–H groups in total. The molecule has 200 valence electrons. The van der Waals surface area contributed by atoms with Gasteiger partial charge in [-0.2, -0.15) is 0 Å². The summed E-state index contributed by atoms with van der Waals surface area (Å²) in [5.41, 5.74) is 5.72. The van der Waals surface area contributed by atoms with Crippen LogP contribution in [0.2, 0.25) is 0 Å². The Labute approximate surface area is 229 Å². The van der Waals surface area contributed by atoms with Crippen molar-refractivity contribution in [2.75, 3.05) is 18.4 Å². The molecule has 10 nitrogen and oxygen atoms in total. The number of hydrogen-bond acceptors (Lipinski definition) is 6. The zero-order valence-electron chi connectivity index (χ0n) is 21.5. The number of aromatic nitrogens is 2. The molecule has 1 unspecified atom stereocenters. The minimum absolute atomic E-state index is 0.0877. The fourth-order valence-corrected chi connectivity index (χ4v) is 5.24. The predicted molar refractivity (Wildman–Crippen MR) is 151 cm³/mol. The molecule has 1 fully saturated rings. The van der Waals surface area contributed by atoms with Crippen LogP contribution < -0.4 is 5.32 Å². The number of nitro benzene ring substituents is 1. The number of nitrogens with one attached hydrogen (secondary N) is 2. The molecule has 3 heterocycles. The number of fused-ring (bicyclic) bond motifs is 1. The summed E-state index contributed by atoms with van der Waals surface area (Å²) in [6.07, 6.45) is 5.60. The number of imidazole rings is 1. The maximum Gasteiger partial charge on any atom is 0.269 e. The standard InChI is InChI=1S/C30H26N6O4/c37-27-2-1-14-35(27)15-13-19-3-5-21(6-4-19)29(33-22-9-7-20(8-10-22)26-17-31-18-32-26)28-24-16-23(36(39)40)11-12-25(24)34-30(28)38/h3-12,16-18,28H,1-2,13-15H2,(H,31,32)(H,34,38). The smallest absolute Gasteiger partial charge is 0.269 e. The van der Waals surface area contributed by atoms with Gasteiger partial charge in [0.15, 0.2) is 0 Å². The Hall–Kier alpha value is -5.12. The van der Waals surface area contributed by atoms with Crippen LogP contribution in [-0.4, -0.2) is 50.4 Å². The number of hydrogen-bond donors (Lipinski definition) is 2. The van der Waals surface area contributed by atoms with Gasteiger partial charge in [-0.25, -0.2) is 4.98 Å². The van der Waals surface area contributed by atoms with Crippen molar-refractivity contribution in [1.82, 2.24) is 14.9 Å². The highest BCUT2D eigenvalue weighted by molar-refractivity contribution is 6.24. The summed E-state index contributed by atoms with van der Waals surface area (Å²) >= 11 is 0. The van der Waals surface area contributed by atoms with Gasteiger partial charge in [-0.05, 0) is 47.7 Å². The van der Waals surface area contributed by atoms with E-state index in [9.17, 15) is 19.7 Å². The van der Waals surface area contributed by atoms with E-state index >= 15 is 0 Å². The van der Waals surface area contributed by atoms with Gasteiger partial charge in [-0.15, -0.1) is 0 Å². The van der Waals surface area contributed by atoms with Crippen LogP contribution in [0.4, 0.5) is 17.1 Å². The molecule has 1 saturated heterocycles. The first kappa shape index (κ1) is 25.2. The summed E-state index contributed by atoms with van der Waals surface area (Å²) in [6, 6.07) is 19.7. The molecule has 0 spiro atoms. The minimum atomic E-state index is -0.824. The lowest BCUT2D eigenvalue weighted by Gasteiger charge is -2.16. The van der Waals surface area contributed by atoms with Crippen molar-refractivity contribution in [3.63, 3.8) is 0 Å². The van der Waals surface area contributed by atoms with Crippen LogP contribution in [0.1, 0.15) is 35.4 Å². The third-order valence-corrected chi connectivity index (χ3v) is 7.37. The van der Waals surface area contributed by atoms with Crippen molar-refractivity contribution in [3.05, 3.63) is 106 Å². The van der Waals surface area contributed by atoms with E-state index in [1.807, 2.05) is 53.4 Å². The molecule has 2 aliphatic rings. The van der Waals surface area contributed by atoms with Gasteiger partial charge < -0.3 is 15.2 Å². The molecule has 2 amide bonds. The van der Waals surface area contributed by atoms with Crippen LogP contribution in [0.5, 0.6) is 0 Å². The van der Waals surface area contributed by atoms with Gasteiger partial charge in [0.1, 0.15) is 5.92 Å². The van der Waals surface area contributed by atoms with E-state index in [4.69, 9.17) is 4.99 Å². The number of amides is 2. The fourth-order valence-electron chi connectivity index (χ4n) is 5.24. The summed E-state index contributed by atoms with van der Waals surface area (Å²) in [7, 11) is 0. The third-order valence-electron chi connectivity index (χ3n) is 7.37. The number of anilines is 1. The van der Waals surface area contributed by atoms with Crippen molar-refractivity contribution in [2.24, 2.45) is 4.99 Å². The maximum absolute atomic E-state index is 13.3. The first-order valence-corrected chi connectivity index (χ1v) is 13.1. The predicted octanol–water partition coefficient (Wildman–Crippen LogP) is 5.01. The molecule has 1 atom stereocenters. The Bertz CT molecular complexity index is 1610. The maximum atomic E-state index is 13.3. The zero-order chi connectivity index (χ0) is 27.6. The summed E-state index contributed by atoms with van der Waals surface area (Å²) in [4.78, 5) is 50.2. The number of nitro groups is 1. The van der Waals surface area contributed by atoms with Crippen LogP contribution in [0, 0.1) is 10.1 Å². The Morgan fingerprint density at radius 2 is 1.88 bits per heavy atom. The van der Waals surface area contributed by atoms with Gasteiger partial charge in [0.05, 0.1) is 34.5 Å². The van der Waals surface area contributed by atoms with Crippen LogP contribution in [0.15, 0.2) is 84.2 Å². The van der Waals surface area contributed by atoms with E-state index in [2.05, 4.69) is 15.3 Å². The molecule has 4 aromatic rings. The summed E-state index contributed by atoms with van der Waals surface area (Å²) in [5.74, 6) is -0.917. The zero-order valence-corrected chi connectivity index (χ0v) is 21.5. The largest absolute Gasteiger partial charge is 0.345 e. The molecule has 0 bridgehead atoms. The molecule has 10 heteroatoms. The van der Waals surface area contributed by atoms with Crippen molar-refractivity contribution in [1.29, 1.82) is 0 Å². The van der Waals surface area contributed by atoms with Gasteiger partial charge in [0.2, 0.25) is 11.8 Å². The van der Waals surface area contributed by atoms with Crippen molar-refractivity contribution in [2.45, 2.75) is 25.2 Å². The number of H-pyrrole nitrogens is 1. The van der Waals surface area contributed by atoms with Gasteiger partial charge in [-0.1, -0.05) is 36.4 Å². The molecule has 2 aliphatic heterocycles. The van der Waals surface area contributed by atoms with Crippen LogP contribution in [0.25, 0.3) is 11.3 Å². The molecular weight excluding hydrogens is 508 g/mol. The van der Waals surface area contributed by atoms with Gasteiger partial charge >= 0.3 is 0 Å². The SMILES string of the molecule is O=C1Nc2ccc([N+](=O)[O-])cc2C1C(=Nc1ccc(-c2cnc[nH]2)cc1)c1ccc(CCN2CCCC2=O)cc1. The van der Waals surface area contributed by atoms with Crippen molar-refractivity contribution < 1.29 is 14.5 Å². The molecule has 3 aromatic carbocycles. The molecule has 0 radical (unpaired) electrons. The number of rotatable bonds is 8. The van der Waals surface area contributed by atoms with Crippen molar-refractivity contribution in [3.8, 4) is 11.3 Å². The molecule has 1 aromatic heterocycles. The Morgan fingerprint density at radius 1 is 1.07 bits per heavy atom. The first-order chi connectivity index (χ1) is 19.5. The minimum Gasteiger partial charge on any atom is -0.345 e. The van der Waals surface area contributed by atoms with E-state index in [0.717, 1.165) is 41.8 Å². The van der Waals surface area contributed by atoms with E-state index < -0.39 is 10.8 Å². The van der Waals surface area contributed by atoms with Gasteiger partial charge in [0, 0.05) is 42.9 Å². The monoisotopic (exact) mass is 534 g/mol. The van der Waals surface area contributed by atoms with Gasteiger partial charge in [-0.3, -0.25) is 24.7 Å². The second-order valence-corrected chi connectivity index (χ2v) is 9.89. The Morgan fingerprint density at radius 3 is 2.55 bits per heavy atom. The van der Waals surface area contributed by atoms with E-state index in [-0.39, 0.29) is 17.5 Å². The average Bonchev–Trinajstić information content (AvgIpc) is 3.71. The number of benzene rings is 3. The lowest BCUT2D eigenvalue weighted by molar-refractivity contribution is -0.384. The van der Waals surface area contributed by atoms with E-state index in [1.165, 1.54) is 12.1 Å². The lowest BCUT2D eigenvalue weighted by atomic mass is 9.90. The summed E-state index contributed by atoms with van der Waals surface area (Å²) in [6.45, 7) is 1.47. The number of nitrogens with zero attached hydrogens (tertiary/aromatic N) is 4. The molecule has 0 aliphatic carbocycles. The fraction of sp³-hybridized carbons (Fsp3) is 0.200. The number of carbonyl (C=O) groups excluding carboxylic acids is 2. The van der Waals surface area contributed by atoms with E-state index in [0.29, 0.717) is 35.6 Å². The first-order valence-electron chi connectivity index (χ1n) is 13.1. The highest BCUT2D eigenvalue weighted by atomic mass is 16.6. The number of aliphatic imine (C=N–C) groups is 1. The molecule has 40 heavy (non-hydrogen) atoms.